The summed E-state index contributed by atoms with van der Waals surface area (Å²) in [6.45, 7) is 3.02. The minimum absolute atomic E-state index is 0.0862. The highest BCUT2D eigenvalue weighted by molar-refractivity contribution is 5.90. The van der Waals surface area contributed by atoms with E-state index in [4.69, 9.17) is 0 Å². The number of amides is 2. The van der Waals surface area contributed by atoms with E-state index in [-0.39, 0.29) is 11.8 Å². The first kappa shape index (κ1) is 29.1. The number of carbonyl (C=O) groups is 2. The molecule has 0 aliphatic heterocycles. The fourth-order valence-corrected chi connectivity index (χ4v) is 5.39. The molecule has 2 amide bonds. The Morgan fingerprint density at radius 1 is 0.378 bits per heavy atom. The van der Waals surface area contributed by atoms with Crippen molar-refractivity contribution in [3.63, 3.8) is 0 Å². The molecule has 0 bridgehead atoms. The van der Waals surface area contributed by atoms with Gasteiger partial charge in [0.1, 0.15) is 0 Å². The Bertz CT molecular complexity index is 1790. The number of rotatable bonds is 8. The Morgan fingerprint density at radius 3 is 0.933 bits per heavy atom. The highest BCUT2D eigenvalue weighted by atomic mass is 16.2. The maximum Gasteiger partial charge on any atom is 0.221 e. The fraction of sp³-hybridized carbons (Fsp3) is 0.0500. The first-order chi connectivity index (χ1) is 21.9. The molecule has 0 saturated heterocycles. The van der Waals surface area contributed by atoms with Gasteiger partial charge in [-0.15, -0.1) is 0 Å². The number of benzene rings is 6. The van der Waals surface area contributed by atoms with E-state index in [1.165, 1.54) is 19.4 Å². The first-order valence-electron chi connectivity index (χ1n) is 14.8. The summed E-state index contributed by atoms with van der Waals surface area (Å²) in [5, 5.41) is 5.64. The molecule has 0 aliphatic carbocycles. The van der Waals surface area contributed by atoms with Crippen LogP contribution in [0.2, 0.25) is 0 Å². The second-order valence-corrected chi connectivity index (χ2v) is 10.9. The second-order valence-electron chi connectivity index (χ2n) is 10.9. The normalized spacial score (nSPS) is 10.6. The van der Waals surface area contributed by atoms with E-state index in [0.29, 0.717) is 0 Å². The summed E-state index contributed by atoms with van der Waals surface area (Å²) in [6, 6.07) is 51.8. The van der Waals surface area contributed by atoms with Crippen molar-refractivity contribution in [1.29, 1.82) is 0 Å². The Morgan fingerprint density at radius 2 is 0.644 bits per heavy atom. The van der Waals surface area contributed by atoms with Crippen molar-refractivity contribution < 1.29 is 9.59 Å². The molecular weight excluding hydrogens is 554 g/mol. The highest BCUT2D eigenvalue weighted by Crippen LogP contribution is 2.37. The molecule has 0 aliphatic rings. The zero-order valence-electron chi connectivity index (χ0n) is 25.2. The minimum atomic E-state index is -0.0862. The van der Waals surface area contributed by atoms with Crippen LogP contribution in [0, 0.1) is 0 Å². The van der Waals surface area contributed by atoms with Gasteiger partial charge in [-0.25, -0.2) is 0 Å². The molecule has 6 rings (SSSR count). The van der Waals surface area contributed by atoms with Crippen LogP contribution >= 0.6 is 0 Å². The zero-order valence-corrected chi connectivity index (χ0v) is 25.2. The summed E-state index contributed by atoms with van der Waals surface area (Å²) in [6.07, 6.45) is 0. The van der Waals surface area contributed by atoms with Gasteiger partial charge < -0.3 is 15.5 Å². The van der Waals surface area contributed by atoms with Gasteiger partial charge in [-0.3, -0.25) is 9.59 Å². The van der Waals surface area contributed by atoms with Crippen molar-refractivity contribution in [3.05, 3.63) is 152 Å². The standard InChI is InChI=1S/C40H33N3O2/c1-28(44)41-36-18-8-31(9-19-36)34-14-24-39(25-15-34)43(38-22-12-33(13-23-38)30-6-4-3-5-7-30)40-26-16-35(17-27-40)32-10-20-37(21-11-32)42-29(2)45/h3-27H,1-2H3,(H,41,44)(H,42,45). The van der Waals surface area contributed by atoms with Crippen LogP contribution in [-0.4, -0.2) is 11.8 Å². The number of hydrogen-bond donors (Lipinski definition) is 2. The minimum Gasteiger partial charge on any atom is -0.326 e. The Kier molecular flexibility index (Phi) is 8.51. The van der Waals surface area contributed by atoms with Crippen molar-refractivity contribution in [3.8, 4) is 33.4 Å². The lowest BCUT2D eigenvalue weighted by Crippen LogP contribution is -2.09. The fourth-order valence-electron chi connectivity index (χ4n) is 5.39. The zero-order chi connectivity index (χ0) is 31.2. The van der Waals surface area contributed by atoms with Gasteiger partial charge in [-0.1, -0.05) is 91.0 Å². The molecule has 220 valence electrons. The van der Waals surface area contributed by atoms with E-state index in [1.54, 1.807) is 0 Å². The third-order valence-corrected chi connectivity index (χ3v) is 7.56. The average molecular weight is 588 g/mol. The summed E-state index contributed by atoms with van der Waals surface area (Å²) in [5.74, 6) is -0.172. The van der Waals surface area contributed by atoms with E-state index in [1.807, 2.05) is 54.6 Å². The maximum atomic E-state index is 11.4. The number of carbonyl (C=O) groups excluding carboxylic acids is 2. The van der Waals surface area contributed by atoms with Gasteiger partial charge in [0.15, 0.2) is 0 Å². The molecule has 0 radical (unpaired) electrons. The van der Waals surface area contributed by atoms with Crippen LogP contribution in [0.15, 0.2) is 152 Å². The van der Waals surface area contributed by atoms with Crippen LogP contribution in [0.5, 0.6) is 0 Å². The van der Waals surface area contributed by atoms with Crippen molar-refractivity contribution in [2.45, 2.75) is 13.8 Å². The topological polar surface area (TPSA) is 61.4 Å². The van der Waals surface area contributed by atoms with E-state index in [9.17, 15) is 9.59 Å². The van der Waals surface area contributed by atoms with E-state index in [2.05, 4.69) is 113 Å². The predicted molar refractivity (Wildman–Crippen MR) is 186 cm³/mol. The Hall–Kier alpha value is -5.94. The van der Waals surface area contributed by atoms with E-state index in [0.717, 1.165) is 56.3 Å². The van der Waals surface area contributed by atoms with Gasteiger partial charge in [0.2, 0.25) is 11.8 Å². The quantitative estimate of drug-likeness (QED) is 0.186. The number of hydrogen-bond acceptors (Lipinski definition) is 3. The molecule has 0 spiro atoms. The van der Waals surface area contributed by atoms with Crippen LogP contribution < -0.4 is 15.5 Å². The lowest BCUT2D eigenvalue weighted by Gasteiger charge is -2.26. The van der Waals surface area contributed by atoms with Crippen molar-refractivity contribution in [1.82, 2.24) is 0 Å². The smallest absolute Gasteiger partial charge is 0.221 e. The Balaban J connectivity index is 1.32. The summed E-state index contributed by atoms with van der Waals surface area (Å²) in [4.78, 5) is 25.1. The first-order valence-corrected chi connectivity index (χ1v) is 14.8. The molecule has 2 N–H and O–H groups in total. The molecule has 6 aromatic carbocycles. The molecule has 0 fully saturated rings. The van der Waals surface area contributed by atoms with Crippen LogP contribution in [0.4, 0.5) is 28.4 Å². The van der Waals surface area contributed by atoms with Crippen LogP contribution in [-0.2, 0) is 9.59 Å². The summed E-state index contributed by atoms with van der Waals surface area (Å²) in [5.41, 5.74) is 11.3. The van der Waals surface area contributed by atoms with E-state index >= 15 is 0 Å². The number of nitrogens with zero attached hydrogens (tertiary/aromatic N) is 1. The van der Waals surface area contributed by atoms with Gasteiger partial charge >= 0.3 is 0 Å². The average Bonchev–Trinajstić information content (AvgIpc) is 3.07. The number of nitrogens with one attached hydrogen (secondary N) is 2. The van der Waals surface area contributed by atoms with Gasteiger partial charge in [-0.05, 0) is 94.0 Å². The highest BCUT2D eigenvalue weighted by Gasteiger charge is 2.14. The largest absolute Gasteiger partial charge is 0.326 e. The number of anilines is 5. The molecular formula is C40H33N3O2. The second kappa shape index (κ2) is 13.1. The lowest BCUT2D eigenvalue weighted by atomic mass is 10.0. The molecule has 5 heteroatoms. The monoisotopic (exact) mass is 587 g/mol. The lowest BCUT2D eigenvalue weighted by molar-refractivity contribution is -0.115. The van der Waals surface area contributed by atoms with E-state index < -0.39 is 0 Å². The van der Waals surface area contributed by atoms with Crippen LogP contribution in [0.1, 0.15) is 13.8 Å². The van der Waals surface area contributed by atoms with Crippen LogP contribution in [0.25, 0.3) is 33.4 Å². The SMILES string of the molecule is CC(=O)Nc1ccc(-c2ccc(N(c3ccc(-c4ccccc4)cc3)c3ccc(-c4ccc(NC(C)=O)cc4)cc3)cc2)cc1. The predicted octanol–water partition coefficient (Wildman–Crippen LogP) is 10.1. The van der Waals surface area contributed by atoms with Crippen molar-refractivity contribution in [2.75, 3.05) is 15.5 Å². The van der Waals surface area contributed by atoms with Gasteiger partial charge in [0, 0.05) is 42.3 Å². The third-order valence-electron chi connectivity index (χ3n) is 7.56. The van der Waals surface area contributed by atoms with Crippen molar-refractivity contribution in [2.24, 2.45) is 0 Å². The molecule has 0 saturated carbocycles. The summed E-state index contributed by atoms with van der Waals surface area (Å²) in [7, 11) is 0. The third kappa shape index (κ3) is 7.00. The van der Waals surface area contributed by atoms with Gasteiger partial charge in [0.05, 0.1) is 0 Å². The maximum absolute atomic E-state index is 11.4. The molecule has 45 heavy (non-hydrogen) atoms. The molecule has 0 aromatic heterocycles. The van der Waals surface area contributed by atoms with Crippen LogP contribution in [0.3, 0.4) is 0 Å². The van der Waals surface area contributed by atoms with Gasteiger partial charge in [0.25, 0.3) is 0 Å². The molecule has 0 unspecified atom stereocenters. The summed E-state index contributed by atoms with van der Waals surface area (Å²) < 4.78 is 0. The van der Waals surface area contributed by atoms with Crippen molar-refractivity contribution >= 4 is 40.3 Å². The Labute approximate surface area is 263 Å². The molecule has 5 nitrogen and oxygen atoms in total. The molecule has 0 heterocycles. The van der Waals surface area contributed by atoms with Gasteiger partial charge in [-0.2, -0.15) is 0 Å². The molecule has 0 atom stereocenters. The molecule has 6 aromatic rings. The summed E-state index contributed by atoms with van der Waals surface area (Å²) >= 11 is 0.